The number of fused-ring (bicyclic) bond motifs is 1. The minimum atomic E-state index is -0.00909. The number of benzene rings is 2. The highest BCUT2D eigenvalue weighted by Gasteiger charge is 2.32. The van der Waals surface area contributed by atoms with Crippen LogP contribution in [0.2, 0.25) is 0 Å². The van der Waals surface area contributed by atoms with Crippen LogP contribution < -0.4 is 5.32 Å². The first kappa shape index (κ1) is 18.9. The van der Waals surface area contributed by atoms with E-state index in [0.29, 0.717) is 12.6 Å². The van der Waals surface area contributed by atoms with Gasteiger partial charge in [-0.05, 0) is 37.5 Å². The van der Waals surface area contributed by atoms with E-state index in [2.05, 4.69) is 33.4 Å². The molecule has 1 saturated carbocycles. The van der Waals surface area contributed by atoms with Gasteiger partial charge in [0.2, 0.25) is 0 Å². The van der Waals surface area contributed by atoms with E-state index in [1.54, 1.807) is 11.3 Å². The number of thiazole rings is 1. The van der Waals surface area contributed by atoms with Crippen molar-refractivity contribution in [1.82, 2.24) is 14.3 Å². The number of amides is 2. The van der Waals surface area contributed by atoms with Crippen LogP contribution in [0, 0.1) is 6.92 Å². The lowest BCUT2D eigenvalue weighted by Gasteiger charge is -2.23. The molecule has 1 aliphatic rings. The van der Waals surface area contributed by atoms with Crippen molar-refractivity contribution in [3.05, 3.63) is 77.4 Å². The number of urea groups is 1. The molecule has 2 aromatic heterocycles. The molecule has 1 N–H and O–H groups in total. The molecule has 0 saturated heterocycles. The molecule has 0 unspecified atom stereocenters. The molecule has 5 rings (SSSR count). The lowest BCUT2D eigenvalue weighted by Crippen LogP contribution is -2.38. The number of rotatable bonds is 6. The number of nitrogens with zero attached hydrogens (tertiary/aromatic N) is 3. The molecule has 0 radical (unpaired) electrons. The Balaban J connectivity index is 1.30. The number of imidazole rings is 1. The molecule has 0 aliphatic heterocycles. The lowest BCUT2D eigenvalue weighted by molar-refractivity contribution is 0.209. The average Bonchev–Trinajstić information content (AvgIpc) is 3.37. The smallest absolute Gasteiger partial charge is 0.321 e. The van der Waals surface area contributed by atoms with Crippen LogP contribution in [0.15, 0.2) is 66.2 Å². The van der Waals surface area contributed by atoms with Gasteiger partial charge in [0.25, 0.3) is 0 Å². The molecular weight excluding hydrogens is 392 g/mol. The van der Waals surface area contributed by atoms with Crippen molar-refractivity contribution in [3.8, 4) is 11.3 Å². The molecular formula is C24H24N4OS. The van der Waals surface area contributed by atoms with Gasteiger partial charge >= 0.3 is 6.03 Å². The number of nitrogens with one attached hydrogen (secondary N) is 1. The second kappa shape index (κ2) is 7.95. The van der Waals surface area contributed by atoms with Gasteiger partial charge in [0.1, 0.15) is 0 Å². The fourth-order valence-corrected chi connectivity index (χ4v) is 4.65. The van der Waals surface area contributed by atoms with Crippen molar-refractivity contribution in [2.75, 3.05) is 11.9 Å². The van der Waals surface area contributed by atoms with E-state index >= 15 is 0 Å². The van der Waals surface area contributed by atoms with E-state index in [1.807, 2.05) is 54.3 Å². The van der Waals surface area contributed by atoms with Crippen LogP contribution in [-0.2, 0) is 6.42 Å². The molecule has 1 aliphatic carbocycles. The summed E-state index contributed by atoms with van der Waals surface area (Å²) in [5.41, 5.74) is 5.29. The third kappa shape index (κ3) is 3.96. The van der Waals surface area contributed by atoms with Crippen molar-refractivity contribution in [2.45, 2.75) is 32.2 Å². The van der Waals surface area contributed by atoms with Crippen molar-refractivity contribution in [3.63, 3.8) is 0 Å². The summed E-state index contributed by atoms with van der Waals surface area (Å²) in [6.07, 6.45) is 5.08. The highest BCUT2D eigenvalue weighted by Crippen LogP contribution is 2.29. The van der Waals surface area contributed by atoms with E-state index < -0.39 is 0 Å². The Morgan fingerprint density at radius 2 is 2.03 bits per heavy atom. The summed E-state index contributed by atoms with van der Waals surface area (Å²) in [6.45, 7) is 2.73. The molecule has 30 heavy (non-hydrogen) atoms. The maximum absolute atomic E-state index is 12.9. The summed E-state index contributed by atoms with van der Waals surface area (Å²) in [4.78, 5) is 20.7. The van der Waals surface area contributed by atoms with Crippen LogP contribution in [-0.4, -0.2) is 32.9 Å². The SMILES string of the molecule is Cc1cccc(NC(=O)N(CCc2csc3nc(-c4ccccc4)cn23)C2CC2)c1. The van der Waals surface area contributed by atoms with Crippen LogP contribution in [0.5, 0.6) is 0 Å². The quantitative estimate of drug-likeness (QED) is 0.444. The van der Waals surface area contributed by atoms with E-state index in [9.17, 15) is 4.79 Å². The summed E-state index contributed by atoms with van der Waals surface area (Å²) in [6, 6.07) is 18.5. The van der Waals surface area contributed by atoms with Gasteiger partial charge in [-0.25, -0.2) is 9.78 Å². The maximum atomic E-state index is 12.9. The van der Waals surface area contributed by atoms with Crippen molar-refractivity contribution >= 4 is 28.0 Å². The second-order valence-electron chi connectivity index (χ2n) is 7.85. The Morgan fingerprint density at radius 1 is 1.20 bits per heavy atom. The molecule has 2 heterocycles. The molecule has 0 spiro atoms. The van der Waals surface area contributed by atoms with Gasteiger partial charge in [0, 0.05) is 47.5 Å². The van der Waals surface area contributed by atoms with E-state index in [-0.39, 0.29) is 6.03 Å². The number of hydrogen-bond donors (Lipinski definition) is 1. The highest BCUT2D eigenvalue weighted by atomic mass is 32.1. The summed E-state index contributed by atoms with van der Waals surface area (Å²) in [5, 5.41) is 5.22. The molecule has 0 bridgehead atoms. The number of aromatic nitrogens is 2. The predicted octanol–water partition coefficient (Wildman–Crippen LogP) is 5.61. The van der Waals surface area contributed by atoms with Crippen LogP contribution in [0.4, 0.5) is 10.5 Å². The maximum Gasteiger partial charge on any atom is 0.322 e. The molecule has 5 nitrogen and oxygen atoms in total. The fraction of sp³-hybridized carbons (Fsp3) is 0.250. The lowest BCUT2D eigenvalue weighted by atomic mass is 10.2. The molecule has 152 valence electrons. The summed E-state index contributed by atoms with van der Waals surface area (Å²) < 4.78 is 2.16. The van der Waals surface area contributed by atoms with Crippen molar-refractivity contribution in [2.24, 2.45) is 0 Å². The molecule has 2 amide bonds. The Morgan fingerprint density at radius 3 is 2.80 bits per heavy atom. The van der Waals surface area contributed by atoms with Crippen LogP contribution in [0.25, 0.3) is 16.2 Å². The molecule has 0 atom stereocenters. The number of carbonyl (C=O) groups excluding carboxylic acids is 1. The number of anilines is 1. The third-order valence-corrected chi connectivity index (χ3v) is 6.37. The zero-order chi connectivity index (χ0) is 20.5. The normalized spacial score (nSPS) is 13.5. The van der Waals surface area contributed by atoms with E-state index in [0.717, 1.165) is 46.7 Å². The average molecular weight is 417 g/mol. The first-order valence-corrected chi connectivity index (χ1v) is 11.2. The minimum Gasteiger partial charge on any atom is -0.321 e. The Kier molecular flexibility index (Phi) is 5.01. The number of aryl methyl sites for hydroxylation is 1. The monoisotopic (exact) mass is 416 g/mol. The topological polar surface area (TPSA) is 49.6 Å². The van der Waals surface area contributed by atoms with Gasteiger partial charge in [-0.15, -0.1) is 11.3 Å². The summed E-state index contributed by atoms with van der Waals surface area (Å²) >= 11 is 1.65. The highest BCUT2D eigenvalue weighted by molar-refractivity contribution is 7.15. The predicted molar refractivity (Wildman–Crippen MR) is 122 cm³/mol. The molecule has 6 heteroatoms. The van der Waals surface area contributed by atoms with Crippen LogP contribution in [0.3, 0.4) is 0 Å². The molecule has 2 aromatic carbocycles. The van der Waals surface area contributed by atoms with Gasteiger partial charge in [0.05, 0.1) is 5.69 Å². The van der Waals surface area contributed by atoms with E-state index in [1.165, 1.54) is 5.69 Å². The standard InChI is InChI=1S/C24H24N4OS/c1-17-6-5-9-19(14-17)25-23(29)27(20-10-11-20)13-12-21-16-30-24-26-22(15-28(21)24)18-7-3-2-4-8-18/h2-9,14-16,20H,10-13H2,1H3,(H,25,29). The molecule has 1 fully saturated rings. The Labute approximate surface area is 180 Å². The summed E-state index contributed by atoms with van der Waals surface area (Å²) in [5.74, 6) is 0. The fourth-order valence-electron chi connectivity index (χ4n) is 3.75. The largest absolute Gasteiger partial charge is 0.322 e. The van der Waals surface area contributed by atoms with Gasteiger partial charge in [-0.3, -0.25) is 4.40 Å². The minimum absolute atomic E-state index is 0.00909. The zero-order valence-electron chi connectivity index (χ0n) is 16.9. The van der Waals surface area contributed by atoms with E-state index in [4.69, 9.17) is 4.98 Å². The van der Waals surface area contributed by atoms with Crippen LogP contribution >= 0.6 is 11.3 Å². The van der Waals surface area contributed by atoms with Gasteiger partial charge in [0.15, 0.2) is 4.96 Å². The van der Waals surface area contributed by atoms with Gasteiger partial charge < -0.3 is 10.2 Å². The first-order valence-electron chi connectivity index (χ1n) is 10.3. The number of hydrogen-bond acceptors (Lipinski definition) is 3. The van der Waals surface area contributed by atoms with Gasteiger partial charge in [-0.2, -0.15) is 0 Å². The number of carbonyl (C=O) groups is 1. The second-order valence-corrected chi connectivity index (χ2v) is 8.68. The summed E-state index contributed by atoms with van der Waals surface area (Å²) in [7, 11) is 0. The van der Waals surface area contributed by atoms with Gasteiger partial charge in [-0.1, -0.05) is 42.5 Å². The zero-order valence-corrected chi connectivity index (χ0v) is 17.7. The van der Waals surface area contributed by atoms with Crippen molar-refractivity contribution in [1.29, 1.82) is 0 Å². The Bertz CT molecular complexity index is 1180. The first-order chi connectivity index (χ1) is 14.7. The Hall–Kier alpha value is -3.12. The van der Waals surface area contributed by atoms with Crippen LogP contribution in [0.1, 0.15) is 24.1 Å². The third-order valence-electron chi connectivity index (χ3n) is 5.48. The van der Waals surface area contributed by atoms with Crippen molar-refractivity contribution < 1.29 is 4.79 Å². The molecule has 4 aromatic rings.